The molecule has 5 nitrogen and oxygen atoms in total. The van der Waals surface area contributed by atoms with Gasteiger partial charge in [0.2, 0.25) is 0 Å². The van der Waals surface area contributed by atoms with Gasteiger partial charge in [-0.15, -0.1) is 0 Å². The normalized spacial score (nSPS) is 46.4. The fraction of sp³-hybridized carbons (Fsp3) is 1.00. The standard InChI is InChI=1S/C7H14INO4/c1-12-7-5(9)4(8)6(11)3(2-10)13-7/h3-7,10-11H,2,9H2,1H3. The van der Waals surface area contributed by atoms with E-state index in [1.165, 1.54) is 7.11 Å². The van der Waals surface area contributed by atoms with Crippen LogP contribution in [0.4, 0.5) is 0 Å². The number of rotatable bonds is 2. The molecule has 0 aromatic carbocycles. The second kappa shape index (κ2) is 4.85. The first-order valence-electron chi connectivity index (χ1n) is 3.98. The molecule has 4 N–H and O–H groups in total. The lowest BCUT2D eigenvalue weighted by Gasteiger charge is -2.39. The van der Waals surface area contributed by atoms with E-state index in [0.29, 0.717) is 0 Å². The highest BCUT2D eigenvalue weighted by molar-refractivity contribution is 14.1. The third-order valence-corrected chi connectivity index (χ3v) is 3.68. The van der Waals surface area contributed by atoms with Crippen LogP contribution in [0.25, 0.3) is 0 Å². The quantitative estimate of drug-likeness (QED) is 0.443. The van der Waals surface area contributed by atoms with Crippen LogP contribution in [0.1, 0.15) is 0 Å². The molecule has 5 unspecified atom stereocenters. The molecule has 1 rings (SSSR count). The molecule has 0 bridgehead atoms. The molecule has 1 saturated heterocycles. The molecule has 1 aliphatic rings. The lowest BCUT2D eigenvalue weighted by molar-refractivity contribution is -0.223. The van der Waals surface area contributed by atoms with Crippen LogP contribution in [0, 0.1) is 0 Å². The summed E-state index contributed by atoms with van der Waals surface area (Å²) in [5.74, 6) is 0. The third-order valence-electron chi connectivity index (χ3n) is 2.11. The lowest BCUT2D eigenvalue weighted by atomic mass is 10.0. The number of hydrogen-bond acceptors (Lipinski definition) is 5. The molecule has 6 heteroatoms. The zero-order chi connectivity index (χ0) is 10.0. The Morgan fingerprint density at radius 3 is 2.69 bits per heavy atom. The molecular formula is C7H14INO4. The number of aliphatic hydroxyl groups is 2. The summed E-state index contributed by atoms with van der Waals surface area (Å²) in [6.07, 6.45) is -1.90. The summed E-state index contributed by atoms with van der Waals surface area (Å²) >= 11 is 2.04. The van der Waals surface area contributed by atoms with Gasteiger partial charge in [-0.25, -0.2) is 0 Å². The fourth-order valence-corrected chi connectivity index (χ4v) is 2.09. The zero-order valence-corrected chi connectivity index (χ0v) is 9.42. The number of aliphatic hydroxyl groups excluding tert-OH is 2. The average molecular weight is 303 g/mol. The van der Waals surface area contributed by atoms with Crippen molar-refractivity contribution in [3.05, 3.63) is 0 Å². The zero-order valence-electron chi connectivity index (χ0n) is 7.26. The van der Waals surface area contributed by atoms with E-state index in [-0.39, 0.29) is 16.6 Å². The summed E-state index contributed by atoms with van der Waals surface area (Å²) in [4.78, 5) is 0. The molecule has 0 aliphatic carbocycles. The predicted octanol–water partition coefficient (Wildman–Crippen LogP) is -1.16. The van der Waals surface area contributed by atoms with E-state index in [0.717, 1.165) is 0 Å². The molecule has 1 heterocycles. The second-order valence-corrected chi connectivity index (χ2v) is 4.41. The summed E-state index contributed by atoms with van der Waals surface area (Å²) in [5, 5.41) is 18.5. The highest BCUT2D eigenvalue weighted by atomic mass is 127. The first kappa shape index (κ1) is 11.6. The minimum absolute atomic E-state index is 0.173. The van der Waals surface area contributed by atoms with Gasteiger partial charge in [0.1, 0.15) is 6.10 Å². The molecule has 5 atom stereocenters. The van der Waals surface area contributed by atoms with Gasteiger partial charge in [0, 0.05) is 7.11 Å². The Morgan fingerprint density at radius 1 is 1.62 bits per heavy atom. The van der Waals surface area contributed by atoms with E-state index in [9.17, 15) is 5.11 Å². The van der Waals surface area contributed by atoms with E-state index < -0.39 is 18.5 Å². The number of alkyl halides is 1. The van der Waals surface area contributed by atoms with E-state index in [1.54, 1.807) is 0 Å². The number of halogens is 1. The van der Waals surface area contributed by atoms with Crippen molar-refractivity contribution in [2.45, 2.75) is 28.5 Å². The van der Waals surface area contributed by atoms with Gasteiger partial charge in [0.05, 0.1) is 22.7 Å². The highest BCUT2D eigenvalue weighted by Gasteiger charge is 2.41. The van der Waals surface area contributed by atoms with Crippen molar-refractivity contribution >= 4 is 22.6 Å². The SMILES string of the molecule is COC1OC(CO)C(O)C(I)C1N. The van der Waals surface area contributed by atoms with Gasteiger partial charge in [-0.05, 0) is 0 Å². The van der Waals surface area contributed by atoms with Gasteiger partial charge in [-0.1, -0.05) is 22.6 Å². The number of nitrogens with two attached hydrogens (primary N) is 1. The van der Waals surface area contributed by atoms with Crippen molar-refractivity contribution in [1.29, 1.82) is 0 Å². The first-order valence-corrected chi connectivity index (χ1v) is 5.23. The van der Waals surface area contributed by atoms with Crippen LogP contribution >= 0.6 is 22.6 Å². The van der Waals surface area contributed by atoms with Gasteiger partial charge in [-0.2, -0.15) is 0 Å². The Labute approximate surface area is 90.3 Å². The van der Waals surface area contributed by atoms with Gasteiger partial charge in [-0.3, -0.25) is 0 Å². The Hall–Kier alpha value is 0.530. The fourth-order valence-electron chi connectivity index (χ4n) is 1.29. The van der Waals surface area contributed by atoms with Gasteiger partial charge in [0.15, 0.2) is 6.29 Å². The van der Waals surface area contributed by atoms with Gasteiger partial charge < -0.3 is 25.4 Å². The van der Waals surface area contributed by atoms with Crippen molar-refractivity contribution in [3.63, 3.8) is 0 Å². The Morgan fingerprint density at radius 2 is 2.23 bits per heavy atom. The van der Waals surface area contributed by atoms with E-state index in [4.69, 9.17) is 20.3 Å². The average Bonchev–Trinajstić information content (AvgIpc) is 2.15. The molecule has 0 amide bonds. The van der Waals surface area contributed by atoms with Gasteiger partial charge in [0.25, 0.3) is 0 Å². The number of ether oxygens (including phenoxy) is 2. The summed E-state index contributed by atoms with van der Waals surface area (Å²) in [7, 11) is 1.49. The maximum absolute atomic E-state index is 9.59. The topological polar surface area (TPSA) is 84.9 Å². The van der Waals surface area contributed by atoms with E-state index >= 15 is 0 Å². The first-order chi connectivity index (χ1) is 6.11. The Balaban J connectivity index is 2.66. The summed E-state index contributed by atoms with van der Waals surface area (Å²) in [5.41, 5.74) is 5.74. The van der Waals surface area contributed by atoms with Crippen LogP contribution in [-0.4, -0.2) is 52.4 Å². The summed E-state index contributed by atoms with van der Waals surface area (Å²) in [6, 6.07) is -0.372. The van der Waals surface area contributed by atoms with E-state index in [1.807, 2.05) is 22.6 Å². The van der Waals surface area contributed by atoms with Crippen molar-refractivity contribution in [2.24, 2.45) is 5.73 Å². The van der Waals surface area contributed by atoms with Gasteiger partial charge >= 0.3 is 0 Å². The van der Waals surface area contributed by atoms with Crippen LogP contribution in [0.2, 0.25) is 0 Å². The summed E-state index contributed by atoms with van der Waals surface area (Å²) < 4.78 is 10.0. The van der Waals surface area contributed by atoms with Crippen LogP contribution < -0.4 is 5.73 Å². The Kier molecular flexibility index (Phi) is 4.33. The van der Waals surface area contributed by atoms with E-state index in [2.05, 4.69) is 0 Å². The second-order valence-electron chi connectivity index (χ2n) is 2.97. The maximum atomic E-state index is 9.59. The molecule has 78 valence electrons. The van der Waals surface area contributed by atoms with Crippen LogP contribution in [0.15, 0.2) is 0 Å². The van der Waals surface area contributed by atoms with Crippen molar-refractivity contribution in [3.8, 4) is 0 Å². The number of methoxy groups -OCH3 is 1. The molecule has 0 aromatic heterocycles. The van der Waals surface area contributed by atoms with Crippen molar-refractivity contribution in [1.82, 2.24) is 0 Å². The lowest BCUT2D eigenvalue weighted by Crippen LogP contribution is -2.60. The third kappa shape index (κ3) is 2.31. The van der Waals surface area contributed by atoms with Crippen LogP contribution in [0.5, 0.6) is 0 Å². The molecule has 0 saturated carbocycles. The Bertz CT molecular complexity index is 151. The molecule has 0 aromatic rings. The van der Waals surface area contributed by atoms with Crippen LogP contribution in [0.3, 0.4) is 0 Å². The molecular weight excluding hydrogens is 289 g/mol. The minimum Gasteiger partial charge on any atom is -0.394 e. The number of hydrogen-bond donors (Lipinski definition) is 3. The monoisotopic (exact) mass is 303 g/mol. The van der Waals surface area contributed by atoms with Crippen molar-refractivity contribution < 1.29 is 19.7 Å². The molecule has 0 radical (unpaired) electrons. The maximum Gasteiger partial charge on any atom is 0.173 e. The molecule has 1 fully saturated rings. The van der Waals surface area contributed by atoms with Crippen LogP contribution in [-0.2, 0) is 9.47 Å². The smallest absolute Gasteiger partial charge is 0.173 e. The molecule has 0 spiro atoms. The summed E-state index contributed by atoms with van der Waals surface area (Å²) in [6.45, 7) is -0.229. The molecule has 13 heavy (non-hydrogen) atoms. The molecule has 1 aliphatic heterocycles. The highest BCUT2D eigenvalue weighted by Crippen LogP contribution is 2.25. The minimum atomic E-state index is -0.744. The predicted molar refractivity (Wildman–Crippen MR) is 54.5 cm³/mol. The largest absolute Gasteiger partial charge is 0.394 e. The van der Waals surface area contributed by atoms with Crippen molar-refractivity contribution in [2.75, 3.05) is 13.7 Å².